The van der Waals surface area contributed by atoms with Gasteiger partial charge < -0.3 is 9.15 Å². The van der Waals surface area contributed by atoms with Gasteiger partial charge in [-0.2, -0.15) is 0 Å². The van der Waals surface area contributed by atoms with Gasteiger partial charge in [-0.1, -0.05) is 28.1 Å². The van der Waals surface area contributed by atoms with Crippen LogP contribution in [0.15, 0.2) is 50.0 Å². The zero-order chi connectivity index (χ0) is 14.7. The summed E-state index contributed by atoms with van der Waals surface area (Å²) in [5, 5.41) is 0. The highest BCUT2D eigenvalue weighted by molar-refractivity contribution is 9.10. The lowest BCUT2D eigenvalue weighted by Crippen LogP contribution is -2.24. The van der Waals surface area contributed by atoms with E-state index in [1.54, 1.807) is 30.3 Å². The standard InChI is InChI=1S/C14H10Br2O4/c1-8(13(17)9-2-4-10(15)5-3-9)19-14(18)11-6-7-12(16)20-11/h2-8H,1H3. The second-order valence-corrected chi connectivity index (χ2v) is 5.72. The second-order valence-electron chi connectivity index (χ2n) is 4.02. The van der Waals surface area contributed by atoms with Crippen molar-refractivity contribution in [3.63, 3.8) is 0 Å². The molecule has 1 atom stereocenters. The fraction of sp³-hybridized carbons (Fsp3) is 0.143. The van der Waals surface area contributed by atoms with Gasteiger partial charge in [-0.3, -0.25) is 4.79 Å². The Hall–Kier alpha value is -1.40. The molecule has 0 saturated carbocycles. The highest BCUT2D eigenvalue weighted by atomic mass is 79.9. The summed E-state index contributed by atoms with van der Waals surface area (Å²) in [6.45, 7) is 1.53. The maximum Gasteiger partial charge on any atom is 0.374 e. The van der Waals surface area contributed by atoms with Crippen LogP contribution >= 0.6 is 31.9 Å². The van der Waals surface area contributed by atoms with E-state index in [-0.39, 0.29) is 11.5 Å². The van der Waals surface area contributed by atoms with Crippen molar-refractivity contribution >= 4 is 43.6 Å². The van der Waals surface area contributed by atoms with E-state index in [1.807, 2.05) is 0 Å². The smallest absolute Gasteiger partial charge is 0.374 e. The topological polar surface area (TPSA) is 56.5 Å². The number of carbonyl (C=O) groups is 2. The van der Waals surface area contributed by atoms with Gasteiger partial charge in [-0.05, 0) is 47.1 Å². The molecule has 1 unspecified atom stereocenters. The number of benzene rings is 1. The molecule has 2 rings (SSSR count). The fourth-order valence-electron chi connectivity index (χ4n) is 1.55. The first-order valence-electron chi connectivity index (χ1n) is 5.73. The summed E-state index contributed by atoms with van der Waals surface area (Å²) >= 11 is 6.38. The van der Waals surface area contributed by atoms with Gasteiger partial charge in [0.1, 0.15) is 0 Å². The number of hydrogen-bond donors (Lipinski definition) is 0. The minimum atomic E-state index is -0.882. The molecule has 0 aliphatic carbocycles. The normalized spacial score (nSPS) is 11.9. The first-order chi connectivity index (χ1) is 9.47. The third-order valence-corrected chi connectivity index (χ3v) is 3.51. The molecule has 1 heterocycles. The van der Waals surface area contributed by atoms with Gasteiger partial charge >= 0.3 is 5.97 Å². The van der Waals surface area contributed by atoms with Crippen LogP contribution in [0.3, 0.4) is 0 Å². The van der Waals surface area contributed by atoms with Crippen LogP contribution in [0, 0.1) is 0 Å². The lowest BCUT2D eigenvalue weighted by atomic mass is 10.1. The van der Waals surface area contributed by atoms with Gasteiger partial charge in [0.25, 0.3) is 0 Å². The molecule has 0 radical (unpaired) electrons. The molecule has 0 fully saturated rings. The van der Waals surface area contributed by atoms with E-state index in [0.29, 0.717) is 10.2 Å². The summed E-state index contributed by atoms with van der Waals surface area (Å²) in [6, 6.07) is 9.90. The highest BCUT2D eigenvalue weighted by Gasteiger charge is 2.22. The summed E-state index contributed by atoms with van der Waals surface area (Å²) in [5.41, 5.74) is 0.481. The Morgan fingerprint density at radius 3 is 2.30 bits per heavy atom. The molecule has 0 aliphatic heterocycles. The Morgan fingerprint density at radius 2 is 1.75 bits per heavy atom. The van der Waals surface area contributed by atoms with Crippen molar-refractivity contribution in [2.45, 2.75) is 13.0 Å². The number of halogens is 2. The van der Waals surface area contributed by atoms with Gasteiger partial charge in [0.2, 0.25) is 11.5 Å². The molecule has 0 saturated heterocycles. The summed E-state index contributed by atoms with van der Waals surface area (Å²) in [4.78, 5) is 23.9. The molecular weight excluding hydrogens is 392 g/mol. The molecule has 1 aromatic carbocycles. The molecule has 0 aliphatic rings. The SMILES string of the molecule is CC(OC(=O)c1ccc(Br)o1)C(=O)c1ccc(Br)cc1. The first-order valence-corrected chi connectivity index (χ1v) is 7.32. The van der Waals surface area contributed by atoms with Crippen LogP contribution in [0.5, 0.6) is 0 Å². The Labute approximate surface area is 132 Å². The monoisotopic (exact) mass is 400 g/mol. The largest absolute Gasteiger partial charge is 0.448 e. The minimum Gasteiger partial charge on any atom is -0.448 e. The van der Waals surface area contributed by atoms with Gasteiger partial charge in [-0.25, -0.2) is 4.79 Å². The number of Topliss-reactive ketones (excluding diaryl/α,β-unsaturated/α-hetero) is 1. The zero-order valence-electron chi connectivity index (χ0n) is 10.4. The molecule has 104 valence electrons. The predicted octanol–water partition coefficient (Wildman–Crippen LogP) is 4.23. The van der Waals surface area contributed by atoms with Crippen molar-refractivity contribution in [3.8, 4) is 0 Å². The molecule has 0 spiro atoms. The lowest BCUT2D eigenvalue weighted by molar-refractivity contribution is 0.0288. The van der Waals surface area contributed by atoms with E-state index in [4.69, 9.17) is 9.15 Å². The average Bonchev–Trinajstić information content (AvgIpc) is 2.85. The van der Waals surface area contributed by atoms with Crippen molar-refractivity contribution in [1.29, 1.82) is 0 Å². The third-order valence-electron chi connectivity index (χ3n) is 2.56. The van der Waals surface area contributed by atoms with Gasteiger partial charge in [0, 0.05) is 10.0 Å². The van der Waals surface area contributed by atoms with Crippen molar-refractivity contribution in [2.24, 2.45) is 0 Å². The number of furan rings is 1. The summed E-state index contributed by atoms with van der Waals surface area (Å²) < 4.78 is 11.5. The maximum absolute atomic E-state index is 12.1. The molecule has 0 amide bonds. The Balaban J connectivity index is 2.04. The zero-order valence-corrected chi connectivity index (χ0v) is 13.6. The fourth-order valence-corrected chi connectivity index (χ4v) is 2.12. The lowest BCUT2D eigenvalue weighted by Gasteiger charge is -2.11. The van der Waals surface area contributed by atoms with Crippen LogP contribution < -0.4 is 0 Å². The van der Waals surface area contributed by atoms with E-state index < -0.39 is 12.1 Å². The van der Waals surface area contributed by atoms with Crippen LogP contribution in [0.2, 0.25) is 0 Å². The van der Waals surface area contributed by atoms with E-state index >= 15 is 0 Å². The van der Waals surface area contributed by atoms with Crippen LogP contribution in [-0.4, -0.2) is 17.9 Å². The number of esters is 1. The molecule has 1 aromatic heterocycles. The van der Waals surface area contributed by atoms with Crippen LogP contribution in [0.4, 0.5) is 0 Å². The molecule has 20 heavy (non-hydrogen) atoms. The second kappa shape index (κ2) is 6.37. The van der Waals surface area contributed by atoms with Crippen LogP contribution in [0.25, 0.3) is 0 Å². The predicted molar refractivity (Wildman–Crippen MR) is 79.8 cm³/mol. The van der Waals surface area contributed by atoms with Gasteiger partial charge in [0.15, 0.2) is 10.8 Å². The summed E-state index contributed by atoms with van der Waals surface area (Å²) in [5.74, 6) is -0.891. The van der Waals surface area contributed by atoms with Crippen LogP contribution in [-0.2, 0) is 4.74 Å². The molecule has 0 bridgehead atoms. The number of ether oxygens (including phenoxy) is 1. The molecular formula is C14H10Br2O4. The molecule has 0 N–H and O–H groups in total. The number of hydrogen-bond acceptors (Lipinski definition) is 4. The quantitative estimate of drug-likeness (QED) is 0.568. The highest BCUT2D eigenvalue weighted by Crippen LogP contribution is 2.17. The Morgan fingerprint density at radius 1 is 1.10 bits per heavy atom. The minimum absolute atomic E-state index is 0.0485. The molecule has 6 heteroatoms. The van der Waals surface area contributed by atoms with Crippen molar-refractivity contribution in [1.82, 2.24) is 0 Å². The number of ketones is 1. The van der Waals surface area contributed by atoms with Crippen LogP contribution in [0.1, 0.15) is 27.8 Å². The Kier molecular flexibility index (Phi) is 4.77. The van der Waals surface area contributed by atoms with Crippen molar-refractivity contribution in [3.05, 3.63) is 56.9 Å². The number of rotatable bonds is 4. The Bertz CT molecular complexity index is 631. The maximum atomic E-state index is 12.1. The van der Waals surface area contributed by atoms with E-state index in [9.17, 15) is 9.59 Å². The average molecular weight is 402 g/mol. The van der Waals surface area contributed by atoms with E-state index in [2.05, 4.69) is 31.9 Å². The van der Waals surface area contributed by atoms with Crippen molar-refractivity contribution < 1.29 is 18.7 Å². The molecule has 4 nitrogen and oxygen atoms in total. The summed E-state index contributed by atoms with van der Waals surface area (Å²) in [6.07, 6.45) is -0.882. The van der Waals surface area contributed by atoms with E-state index in [1.165, 1.54) is 13.0 Å². The third kappa shape index (κ3) is 3.58. The summed E-state index contributed by atoms with van der Waals surface area (Å²) in [7, 11) is 0. The van der Waals surface area contributed by atoms with Gasteiger partial charge in [-0.15, -0.1) is 0 Å². The molecule has 2 aromatic rings. The van der Waals surface area contributed by atoms with Crippen molar-refractivity contribution in [2.75, 3.05) is 0 Å². The van der Waals surface area contributed by atoms with Gasteiger partial charge in [0.05, 0.1) is 0 Å². The van der Waals surface area contributed by atoms with E-state index in [0.717, 1.165) is 4.47 Å². The number of carbonyl (C=O) groups excluding carboxylic acids is 2. The first kappa shape index (κ1) is 15.0.